The highest BCUT2D eigenvalue weighted by atomic mass is 35.5. The number of benzene rings is 1. The number of nitrogens with two attached hydrogens (primary N) is 1. The van der Waals surface area contributed by atoms with Gasteiger partial charge in [0, 0.05) is 16.0 Å². The smallest absolute Gasteiger partial charge is 0.234 e. The van der Waals surface area contributed by atoms with Gasteiger partial charge in [-0.05, 0) is 49.7 Å². The molecule has 0 saturated carbocycles. The van der Waals surface area contributed by atoms with Gasteiger partial charge in [-0.1, -0.05) is 23.2 Å². The van der Waals surface area contributed by atoms with Crippen LogP contribution >= 0.6 is 23.2 Å². The summed E-state index contributed by atoms with van der Waals surface area (Å²) in [6, 6.07) is 4.34. The van der Waals surface area contributed by atoms with E-state index in [0.717, 1.165) is 0 Å². The molecule has 1 aliphatic rings. The quantitative estimate of drug-likeness (QED) is 0.700. The van der Waals surface area contributed by atoms with Gasteiger partial charge >= 0.3 is 0 Å². The van der Waals surface area contributed by atoms with E-state index >= 15 is 0 Å². The van der Waals surface area contributed by atoms with Crippen LogP contribution in [0.3, 0.4) is 0 Å². The van der Waals surface area contributed by atoms with Crippen molar-refractivity contribution in [1.29, 1.82) is 0 Å². The maximum atomic E-state index is 12.2. The topological polar surface area (TPSA) is 95.7 Å². The van der Waals surface area contributed by atoms with Crippen molar-refractivity contribution < 1.29 is 14.7 Å². The van der Waals surface area contributed by atoms with Crippen molar-refractivity contribution in [2.75, 3.05) is 26.2 Å². The molecule has 8 heteroatoms. The molecule has 1 aliphatic heterocycles. The molecule has 1 saturated heterocycles. The number of nitrogens with zero attached hydrogens (tertiary/aromatic N) is 1. The largest absolute Gasteiger partial charge is 0.394 e. The molecule has 2 amide bonds. The van der Waals surface area contributed by atoms with Crippen molar-refractivity contribution in [3.63, 3.8) is 0 Å². The van der Waals surface area contributed by atoms with Crippen LogP contribution in [0.2, 0.25) is 10.0 Å². The van der Waals surface area contributed by atoms with E-state index in [9.17, 15) is 14.7 Å². The molecular formula is C16H21Cl2N3O3. The molecule has 1 fully saturated rings. The third kappa shape index (κ3) is 5.34. The Labute approximate surface area is 150 Å². The van der Waals surface area contributed by atoms with Crippen LogP contribution in [0.1, 0.15) is 24.4 Å². The van der Waals surface area contributed by atoms with Crippen molar-refractivity contribution in [2.24, 2.45) is 11.7 Å². The predicted octanol–water partition coefficient (Wildman–Crippen LogP) is 1.34. The van der Waals surface area contributed by atoms with Gasteiger partial charge in [0.25, 0.3) is 0 Å². The minimum atomic E-state index is -0.572. The molecule has 6 nitrogen and oxygen atoms in total. The number of aliphatic hydroxyl groups excluding tert-OH is 1. The summed E-state index contributed by atoms with van der Waals surface area (Å²) >= 11 is 11.9. The number of likely N-dealkylation sites (tertiary alicyclic amines) is 1. The molecule has 0 spiro atoms. The van der Waals surface area contributed by atoms with Crippen molar-refractivity contribution in [3.05, 3.63) is 33.8 Å². The van der Waals surface area contributed by atoms with Gasteiger partial charge in [-0.3, -0.25) is 14.5 Å². The molecule has 0 aromatic heterocycles. The molecule has 2 rings (SSSR count). The molecule has 0 unspecified atom stereocenters. The predicted molar refractivity (Wildman–Crippen MR) is 92.8 cm³/mol. The van der Waals surface area contributed by atoms with E-state index in [1.807, 2.05) is 4.90 Å². The van der Waals surface area contributed by atoms with Gasteiger partial charge in [0.05, 0.1) is 19.2 Å². The summed E-state index contributed by atoms with van der Waals surface area (Å²) in [7, 11) is 0. The van der Waals surface area contributed by atoms with E-state index in [2.05, 4.69) is 5.32 Å². The van der Waals surface area contributed by atoms with Gasteiger partial charge in [-0.2, -0.15) is 0 Å². The molecule has 0 aliphatic carbocycles. The van der Waals surface area contributed by atoms with Gasteiger partial charge < -0.3 is 16.2 Å². The lowest BCUT2D eigenvalue weighted by atomic mass is 9.96. The first kappa shape index (κ1) is 19.0. The van der Waals surface area contributed by atoms with Crippen molar-refractivity contribution >= 4 is 35.0 Å². The van der Waals surface area contributed by atoms with Gasteiger partial charge in [-0.25, -0.2) is 0 Å². The van der Waals surface area contributed by atoms with Gasteiger partial charge in [0.15, 0.2) is 0 Å². The summed E-state index contributed by atoms with van der Waals surface area (Å²) in [4.78, 5) is 25.3. The number of primary amides is 1. The summed E-state index contributed by atoms with van der Waals surface area (Å²) < 4.78 is 0. The first-order chi connectivity index (χ1) is 11.4. The average Bonchev–Trinajstić information content (AvgIpc) is 2.52. The van der Waals surface area contributed by atoms with Crippen LogP contribution in [-0.2, 0) is 9.59 Å². The zero-order chi connectivity index (χ0) is 17.7. The third-order valence-electron chi connectivity index (χ3n) is 4.16. The zero-order valence-corrected chi connectivity index (χ0v) is 14.7. The summed E-state index contributed by atoms with van der Waals surface area (Å²) in [6.45, 7) is 1.24. The number of carbonyl (C=O) groups is 2. The maximum Gasteiger partial charge on any atom is 0.234 e. The number of carbonyl (C=O) groups excluding carboxylic acids is 2. The Balaban J connectivity index is 1.89. The summed E-state index contributed by atoms with van der Waals surface area (Å²) in [5, 5.41) is 13.2. The van der Waals surface area contributed by atoms with Crippen LogP contribution in [0.5, 0.6) is 0 Å². The van der Waals surface area contributed by atoms with Crippen LogP contribution in [0.25, 0.3) is 0 Å². The molecule has 4 N–H and O–H groups in total. The van der Waals surface area contributed by atoms with Crippen molar-refractivity contribution in [1.82, 2.24) is 10.2 Å². The molecule has 1 heterocycles. The Kier molecular flexibility index (Phi) is 6.86. The number of nitrogens with one attached hydrogen (secondary N) is 1. The number of piperidine rings is 1. The van der Waals surface area contributed by atoms with Crippen LogP contribution in [-0.4, -0.2) is 48.1 Å². The highest BCUT2D eigenvalue weighted by Gasteiger charge is 2.25. The monoisotopic (exact) mass is 373 g/mol. The lowest BCUT2D eigenvalue weighted by Crippen LogP contribution is -2.44. The fraction of sp³-hybridized carbons (Fsp3) is 0.500. The molecular weight excluding hydrogens is 353 g/mol. The van der Waals surface area contributed by atoms with E-state index in [-0.39, 0.29) is 30.9 Å². The van der Waals surface area contributed by atoms with Crippen molar-refractivity contribution in [2.45, 2.75) is 18.9 Å². The Morgan fingerprint density at radius 3 is 2.33 bits per heavy atom. The summed E-state index contributed by atoms with van der Waals surface area (Å²) in [5.41, 5.74) is 5.95. The molecule has 1 aromatic rings. The number of hydrogen-bond acceptors (Lipinski definition) is 4. The van der Waals surface area contributed by atoms with Gasteiger partial charge in [-0.15, -0.1) is 0 Å². The first-order valence-corrected chi connectivity index (χ1v) is 8.52. The summed E-state index contributed by atoms with van der Waals surface area (Å²) in [5.74, 6) is -0.594. The standard InChI is InChI=1S/C16H21Cl2N3O3/c17-12-5-11(6-13(18)7-12)14(9-22)20-15(23)8-21-3-1-10(2-4-21)16(19)24/h5-7,10,14,22H,1-4,8-9H2,(H2,19,24)(H,20,23)/t14-/m0/s1. The zero-order valence-electron chi connectivity index (χ0n) is 13.2. The molecule has 1 aromatic carbocycles. The van der Waals surface area contributed by atoms with E-state index in [4.69, 9.17) is 28.9 Å². The highest BCUT2D eigenvalue weighted by Crippen LogP contribution is 2.23. The van der Waals surface area contributed by atoms with E-state index in [1.54, 1.807) is 18.2 Å². The number of rotatable bonds is 6. The number of hydrogen-bond donors (Lipinski definition) is 3. The van der Waals surface area contributed by atoms with E-state index in [1.165, 1.54) is 0 Å². The normalized spacial score (nSPS) is 17.5. The lowest BCUT2D eigenvalue weighted by molar-refractivity contribution is -0.124. The molecule has 132 valence electrons. The van der Waals surface area contributed by atoms with Gasteiger partial charge in [0.2, 0.25) is 11.8 Å². The molecule has 0 radical (unpaired) electrons. The van der Waals surface area contributed by atoms with Crippen LogP contribution < -0.4 is 11.1 Å². The second-order valence-electron chi connectivity index (χ2n) is 5.96. The minimum absolute atomic E-state index is 0.108. The van der Waals surface area contributed by atoms with Crippen molar-refractivity contribution in [3.8, 4) is 0 Å². The number of aliphatic hydroxyl groups is 1. The fourth-order valence-corrected chi connectivity index (χ4v) is 3.37. The lowest BCUT2D eigenvalue weighted by Gasteiger charge is -2.30. The van der Waals surface area contributed by atoms with Crippen LogP contribution in [0.15, 0.2) is 18.2 Å². The van der Waals surface area contributed by atoms with Crippen LogP contribution in [0.4, 0.5) is 0 Å². The number of amides is 2. The number of halogens is 2. The Morgan fingerprint density at radius 2 is 1.83 bits per heavy atom. The highest BCUT2D eigenvalue weighted by molar-refractivity contribution is 6.34. The van der Waals surface area contributed by atoms with Crippen LogP contribution in [0, 0.1) is 5.92 Å². The molecule has 1 atom stereocenters. The Morgan fingerprint density at radius 1 is 1.25 bits per heavy atom. The molecule has 24 heavy (non-hydrogen) atoms. The van der Waals surface area contributed by atoms with E-state index in [0.29, 0.717) is 41.5 Å². The van der Waals surface area contributed by atoms with E-state index < -0.39 is 6.04 Å². The molecule has 0 bridgehead atoms. The fourth-order valence-electron chi connectivity index (χ4n) is 2.83. The minimum Gasteiger partial charge on any atom is -0.394 e. The van der Waals surface area contributed by atoms with Gasteiger partial charge in [0.1, 0.15) is 0 Å². The summed E-state index contributed by atoms with van der Waals surface area (Å²) in [6.07, 6.45) is 1.33. The average molecular weight is 374 g/mol. The third-order valence-corrected chi connectivity index (χ3v) is 4.60. The second-order valence-corrected chi connectivity index (χ2v) is 6.83. The first-order valence-electron chi connectivity index (χ1n) is 7.77. The Hall–Kier alpha value is -1.34. The second kappa shape index (κ2) is 8.67. The maximum absolute atomic E-state index is 12.2. The SMILES string of the molecule is NC(=O)C1CCN(CC(=O)N[C@@H](CO)c2cc(Cl)cc(Cl)c2)CC1. The Bertz CT molecular complexity index is 584.